The van der Waals surface area contributed by atoms with Gasteiger partial charge < -0.3 is 4.90 Å². The van der Waals surface area contributed by atoms with Crippen LogP contribution in [0.2, 0.25) is 0 Å². The number of sulfonamides is 1. The molecule has 0 saturated carbocycles. The molecule has 1 aliphatic heterocycles. The van der Waals surface area contributed by atoms with E-state index in [4.69, 9.17) is 0 Å². The molecular weight excluding hydrogens is 386 g/mol. The summed E-state index contributed by atoms with van der Waals surface area (Å²) in [5.41, 5.74) is 3.58. The number of rotatable bonds is 6. The molecule has 29 heavy (non-hydrogen) atoms. The van der Waals surface area contributed by atoms with Crippen LogP contribution >= 0.6 is 0 Å². The van der Waals surface area contributed by atoms with Gasteiger partial charge in [-0.3, -0.25) is 14.5 Å². The van der Waals surface area contributed by atoms with Crippen LogP contribution in [0.1, 0.15) is 27.2 Å². The van der Waals surface area contributed by atoms with E-state index in [1.54, 1.807) is 53.6 Å². The number of fused-ring (bicyclic) bond motifs is 1. The van der Waals surface area contributed by atoms with Gasteiger partial charge in [0.1, 0.15) is 0 Å². The van der Waals surface area contributed by atoms with Crippen LogP contribution in [-0.2, 0) is 23.0 Å². The van der Waals surface area contributed by atoms with Crippen molar-refractivity contribution in [3.63, 3.8) is 0 Å². The first kappa shape index (κ1) is 19.1. The average molecular weight is 407 g/mol. The Morgan fingerprint density at radius 2 is 1.83 bits per heavy atom. The molecule has 0 bridgehead atoms. The number of carbonyl (C=O) groups excluding carboxylic acids is 1. The first-order chi connectivity index (χ1) is 13.9. The minimum atomic E-state index is -3.73. The van der Waals surface area contributed by atoms with Crippen LogP contribution in [0, 0.1) is 6.92 Å². The minimum Gasteiger partial charge on any atom is -0.334 e. The number of hydrogen-bond donors (Lipinski definition) is 1. The molecule has 0 aliphatic carbocycles. The summed E-state index contributed by atoms with van der Waals surface area (Å²) in [5.74, 6) is -0.0904. The third-order valence-electron chi connectivity index (χ3n) is 4.98. The summed E-state index contributed by atoms with van der Waals surface area (Å²) in [6, 6.07) is 17.5. The van der Waals surface area contributed by atoms with Crippen molar-refractivity contribution in [1.29, 1.82) is 0 Å². The van der Waals surface area contributed by atoms with E-state index in [1.807, 2.05) is 25.1 Å². The van der Waals surface area contributed by atoms with Gasteiger partial charge in [0.15, 0.2) is 0 Å². The van der Waals surface area contributed by atoms with Gasteiger partial charge in [-0.15, -0.1) is 0 Å². The fourth-order valence-electron chi connectivity index (χ4n) is 3.38. The number of aromatic nitrogens is 1. The number of nitrogens with zero attached hydrogens (tertiary/aromatic N) is 2. The van der Waals surface area contributed by atoms with Gasteiger partial charge in [0.25, 0.3) is 15.9 Å². The van der Waals surface area contributed by atoms with E-state index in [-0.39, 0.29) is 10.8 Å². The number of hydrogen-bond acceptors (Lipinski definition) is 4. The molecule has 0 spiro atoms. The molecule has 148 valence electrons. The maximum atomic E-state index is 12.8. The predicted octanol–water partition coefficient (Wildman–Crippen LogP) is 3.39. The van der Waals surface area contributed by atoms with Crippen LogP contribution < -0.4 is 4.72 Å². The summed E-state index contributed by atoms with van der Waals surface area (Å²) in [6.45, 7) is 2.79. The molecule has 0 fully saturated rings. The number of nitrogens with one attached hydrogen (secondary N) is 1. The topological polar surface area (TPSA) is 79.4 Å². The van der Waals surface area contributed by atoms with E-state index in [0.717, 1.165) is 11.3 Å². The molecule has 1 amide bonds. The number of benzene rings is 2. The van der Waals surface area contributed by atoms with Crippen molar-refractivity contribution < 1.29 is 13.2 Å². The molecule has 0 atom stereocenters. The molecular formula is C22H21N3O3S. The van der Waals surface area contributed by atoms with E-state index in [1.165, 1.54) is 0 Å². The van der Waals surface area contributed by atoms with Crippen molar-refractivity contribution in [3.8, 4) is 0 Å². The van der Waals surface area contributed by atoms with Crippen molar-refractivity contribution in [2.75, 3.05) is 11.3 Å². The van der Waals surface area contributed by atoms with Crippen molar-refractivity contribution in [3.05, 3.63) is 89.2 Å². The zero-order chi connectivity index (χ0) is 20.4. The monoisotopic (exact) mass is 407 g/mol. The number of carbonyl (C=O) groups is 1. The maximum Gasteiger partial charge on any atom is 0.261 e. The lowest BCUT2D eigenvalue weighted by Gasteiger charge is -2.15. The standard InChI is InChI=1S/C22H21N3O3S/c1-16-8-10-18(11-9-16)29(27,28)24-21-7-4-6-19-20(21)15-25(22(19)26)14-12-17-5-2-3-13-23-17/h2-11,13,24H,12,14-15H2,1H3. The summed E-state index contributed by atoms with van der Waals surface area (Å²) >= 11 is 0. The summed E-state index contributed by atoms with van der Waals surface area (Å²) in [5, 5.41) is 0. The predicted molar refractivity (Wildman–Crippen MR) is 111 cm³/mol. The SMILES string of the molecule is Cc1ccc(S(=O)(=O)Nc2cccc3c2CN(CCc2ccccn2)C3=O)cc1. The van der Waals surface area contributed by atoms with Gasteiger partial charge in [0.2, 0.25) is 0 Å². The summed E-state index contributed by atoms with van der Waals surface area (Å²) in [4.78, 5) is 19.0. The number of aryl methyl sites for hydroxylation is 1. The van der Waals surface area contributed by atoms with Gasteiger partial charge in [-0.05, 0) is 43.3 Å². The second-order valence-electron chi connectivity index (χ2n) is 7.05. The highest BCUT2D eigenvalue weighted by atomic mass is 32.2. The number of anilines is 1. The van der Waals surface area contributed by atoms with E-state index in [2.05, 4.69) is 9.71 Å². The molecule has 0 unspecified atom stereocenters. The molecule has 6 nitrogen and oxygen atoms in total. The summed E-state index contributed by atoms with van der Waals surface area (Å²) in [7, 11) is -3.73. The van der Waals surface area contributed by atoms with Crippen LogP contribution in [0.15, 0.2) is 71.8 Å². The smallest absolute Gasteiger partial charge is 0.261 e. The fourth-order valence-corrected chi connectivity index (χ4v) is 4.48. The van der Waals surface area contributed by atoms with Gasteiger partial charge in [-0.1, -0.05) is 29.8 Å². The molecule has 1 N–H and O–H groups in total. The van der Waals surface area contributed by atoms with Crippen LogP contribution in [0.5, 0.6) is 0 Å². The van der Waals surface area contributed by atoms with Crippen molar-refractivity contribution in [1.82, 2.24) is 9.88 Å². The second kappa shape index (κ2) is 7.67. The summed E-state index contributed by atoms with van der Waals surface area (Å²) < 4.78 is 28.2. The Bertz CT molecular complexity index is 1140. The Kier molecular flexibility index (Phi) is 5.07. The molecule has 4 rings (SSSR count). The Hall–Kier alpha value is -3.19. The van der Waals surface area contributed by atoms with E-state index >= 15 is 0 Å². The van der Waals surface area contributed by atoms with E-state index in [0.29, 0.717) is 36.3 Å². The van der Waals surface area contributed by atoms with Gasteiger partial charge in [0.05, 0.1) is 10.6 Å². The highest BCUT2D eigenvalue weighted by Gasteiger charge is 2.30. The Morgan fingerprint density at radius 1 is 1.03 bits per heavy atom. The molecule has 0 radical (unpaired) electrons. The number of amides is 1. The van der Waals surface area contributed by atoms with Crippen molar-refractivity contribution >= 4 is 21.6 Å². The normalized spacial score (nSPS) is 13.4. The highest BCUT2D eigenvalue weighted by molar-refractivity contribution is 7.92. The van der Waals surface area contributed by atoms with Crippen LogP contribution in [0.4, 0.5) is 5.69 Å². The first-order valence-electron chi connectivity index (χ1n) is 9.34. The van der Waals surface area contributed by atoms with Crippen molar-refractivity contribution in [2.24, 2.45) is 0 Å². The molecule has 0 saturated heterocycles. The molecule has 3 aromatic rings. The lowest BCUT2D eigenvalue weighted by atomic mass is 10.1. The van der Waals surface area contributed by atoms with E-state index < -0.39 is 10.0 Å². The quantitative estimate of drug-likeness (QED) is 0.679. The third kappa shape index (κ3) is 4.00. The highest BCUT2D eigenvalue weighted by Crippen LogP contribution is 2.31. The Balaban J connectivity index is 1.54. The Labute approximate surface area is 170 Å². The third-order valence-corrected chi connectivity index (χ3v) is 6.36. The van der Waals surface area contributed by atoms with E-state index in [9.17, 15) is 13.2 Å². The largest absolute Gasteiger partial charge is 0.334 e. The Morgan fingerprint density at radius 3 is 2.55 bits per heavy atom. The minimum absolute atomic E-state index is 0.0904. The van der Waals surface area contributed by atoms with Crippen molar-refractivity contribution in [2.45, 2.75) is 24.8 Å². The van der Waals surface area contributed by atoms with Crippen LogP contribution in [0.25, 0.3) is 0 Å². The molecule has 2 aromatic carbocycles. The van der Waals surface area contributed by atoms with Crippen LogP contribution in [-0.4, -0.2) is 30.8 Å². The average Bonchev–Trinajstić information content (AvgIpc) is 3.04. The van der Waals surface area contributed by atoms with Crippen LogP contribution in [0.3, 0.4) is 0 Å². The zero-order valence-corrected chi connectivity index (χ0v) is 16.8. The van der Waals surface area contributed by atoms with Gasteiger partial charge in [0, 0.05) is 42.5 Å². The molecule has 1 aromatic heterocycles. The molecule has 1 aliphatic rings. The maximum absolute atomic E-state index is 12.8. The lowest BCUT2D eigenvalue weighted by Crippen LogP contribution is -2.26. The lowest BCUT2D eigenvalue weighted by molar-refractivity contribution is 0.0780. The second-order valence-corrected chi connectivity index (χ2v) is 8.73. The van der Waals surface area contributed by atoms with Gasteiger partial charge >= 0.3 is 0 Å². The number of pyridine rings is 1. The zero-order valence-electron chi connectivity index (χ0n) is 16.0. The fraction of sp³-hybridized carbons (Fsp3) is 0.182. The van der Waals surface area contributed by atoms with Gasteiger partial charge in [-0.25, -0.2) is 8.42 Å². The molecule has 7 heteroatoms. The molecule has 2 heterocycles. The summed E-state index contributed by atoms with van der Waals surface area (Å²) in [6.07, 6.45) is 2.37. The van der Waals surface area contributed by atoms with Gasteiger partial charge in [-0.2, -0.15) is 0 Å². The first-order valence-corrected chi connectivity index (χ1v) is 10.8.